The third-order valence-corrected chi connectivity index (χ3v) is 2.30. The van der Waals surface area contributed by atoms with Crippen molar-refractivity contribution in [1.82, 2.24) is 0 Å². The first kappa shape index (κ1) is 14.2. The summed E-state index contributed by atoms with van der Waals surface area (Å²) in [6.07, 6.45) is 1.80. The maximum absolute atomic E-state index is 9.44. The van der Waals surface area contributed by atoms with Gasteiger partial charge in [-0.1, -0.05) is 19.1 Å². The van der Waals surface area contributed by atoms with E-state index in [1.165, 1.54) is 0 Å². The van der Waals surface area contributed by atoms with Gasteiger partial charge < -0.3 is 10.8 Å². The number of phenols is 1. The van der Waals surface area contributed by atoms with E-state index in [4.69, 9.17) is 10.4 Å². The lowest BCUT2D eigenvalue weighted by atomic mass is 10.0. The van der Waals surface area contributed by atoms with Gasteiger partial charge in [-0.25, -0.2) is 0 Å². The van der Waals surface area contributed by atoms with Gasteiger partial charge in [-0.05, 0) is 37.0 Å². The maximum Gasteiger partial charge on any atom is 0.118 e. The van der Waals surface area contributed by atoms with E-state index in [2.05, 4.69) is 18.8 Å². The lowest BCUT2D eigenvalue weighted by molar-refractivity contribution is 0.470. The van der Waals surface area contributed by atoms with Crippen molar-refractivity contribution in [2.75, 3.05) is 0 Å². The van der Waals surface area contributed by atoms with Crippen LogP contribution in [0.2, 0.25) is 0 Å². The van der Waals surface area contributed by atoms with Crippen molar-refractivity contribution in [1.29, 1.82) is 0 Å². The molecule has 86 valence electrons. The number of aromatic hydroxyl groups is 1. The Hall–Kier alpha value is -0.770. The van der Waals surface area contributed by atoms with Gasteiger partial charge in [0.2, 0.25) is 0 Å². The van der Waals surface area contributed by atoms with Crippen LogP contribution in [0.1, 0.15) is 24.5 Å². The van der Waals surface area contributed by atoms with Gasteiger partial charge >= 0.3 is 0 Å². The molecule has 0 saturated heterocycles. The molecule has 1 unspecified atom stereocenters. The van der Waals surface area contributed by atoms with E-state index >= 15 is 0 Å². The molecule has 1 aromatic rings. The molecule has 0 radical (unpaired) electrons. The van der Waals surface area contributed by atoms with E-state index in [1.807, 2.05) is 19.1 Å². The monoisotopic (exact) mass is 231 g/mol. The predicted molar refractivity (Wildman–Crippen MR) is 62.9 cm³/mol. The quantitative estimate of drug-likeness (QED) is 0.747. The lowest BCUT2D eigenvalue weighted by Gasteiger charge is -2.09. The summed E-state index contributed by atoms with van der Waals surface area (Å²) in [4.78, 5) is 0. The standard InChI is InChI=1S/C11H17NO.ClHO/c1-3-10(12)6-9-5-4-8(2)11(13)7-9;1-2/h4-5,7,10,13H,3,6,12H2,1-2H3;2H. The van der Waals surface area contributed by atoms with E-state index in [0.717, 1.165) is 24.0 Å². The van der Waals surface area contributed by atoms with E-state index in [0.29, 0.717) is 5.75 Å². The van der Waals surface area contributed by atoms with Crippen LogP contribution in [0.15, 0.2) is 18.2 Å². The number of hydrogen-bond donors (Lipinski definition) is 3. The Labute approximate surface area is 95.7 Å². The molecule has 1 rings (SSSR count). The zero-order valence-corrected chi connectivity index (χ0v) is 9.83. The van der Waals surface area contributed by atoms with Crippen LogP contribution in [0, 0.1) is 6.92 Å². The third-order valence-electron chi connectivity index (χ3n) is 2.30. The number of phenolic OH excluding ortho intramolecular Hbond substituents is 1. The number of aryl methyl sites for hydroxylation is 1. The molecule has 0 aromatic heterocycles. The molecule has 3 nitrogen and oxygen atoms in total. The van der Waals surface area contributed by atoms with Crippen LogP contribution < -0.4 is 5.73 Å². The molecule has 0 aliphatic carbocycles. The fraction of sp³-hybridized carbons (Fsp3) is 0.455. The minimum atomic E-state index is 0.196. The second-order valence-corrected chi connectivity index (χ2v) is 3.49. The lowest BCUT2D eigenvalue weighted by Crippen LogP contribution is -2.21. The summed E-state index contributed by atoms with van der Waals surface area (Å²) in [7, 11) is 0. The van der Waals surface area contributed by atoms with Crippen LogP contribution in [-0.2, 0) is 6.42 Å². The van der Waals surface area contributed by atoms with Gasteiger partial charge in [-0.2, -0.15) is 0 Å². The molecular formula is C11H18ClNO2. The van der Waals surface area contributed by atoms with Gasteiger partial charge in [0.1, 0.15) is 5.75 Å². The molecular weight excluding hydrogens is 214 g/mol. The van der Waals surface area contributed by atoms with E-state index in [9.17, 15) is 5.11 Å². The van der Waals surface area contributed by atoms with Gasteiger partial charge in [0, 0.05) is 6.04 Å². The van der Waals surface area contributed by atoms with E-state index in [1.54, 1.807) is 6.07 Å². The highest BCUT2D eigenvalue weighted by Crippen LogP contribution is 2.18. The van der Waals surface area contributed by atoms with Crippen LogP contribution in [-0.4, -0.2) is 15.8 Å². The highest BCUT2D eigenvalue weighted by atomic mass is 35.5. The molecule has 0 amide bonds. The molecule has 0 saturated carbocycles. The second kappa shape index (κ2) is 7.51. The summed E-state index contributed by atoms with van der Waals surface area (Å²) < 4.78 is 6.47. The summed E-state index contributed by atoms with van der Waals surface area (Å²) >= 11 is 3.64. The Morgan fingerprint density at radius 2 is 2.00 bits per heavy atom. The van der Waals surface area contributed by atoms with Crippen molar-refractivity contribution in [3.05, 3.63) is 29.3 Å². The number of halogens is 1. The number of hydrogen-bond acceptors (Lipinski definition) is 3. The fourth-order valence-corrected chi connectivity index (χ4v) is 1.23. The van der Waals surface area contributed by atoms with Crippen molar-refractivity contribution in [3.63, 3.8) is 0 Å². The Morgan fingerprint density at radius 1 is 1.40 bits per heavy atom. The topological polar surface area (TPSA) is 66.5 Å². The second-order valence-electron chi connectivity index (χ2n) is 3.49. The number of benzene rings is 1. The summed E-state index contributed by atoms with van der Waals surface area (Å²) in [6.45, 7) is 3.96. The van der Waals surface area contributed by atoms with Gasteiger partial charge in [0.05, 0.1) is 11.9 Å². The summed E-state index contributed by atoms with van der Waals surface area (Å²) in [5.74, 6) is 0.362. The molecule has 4 N–H and O–H groups in total. The van der Waals surface area contributed by atoms with E-state index < -0.39 is 0 Å². The molecule has 0 aliphatic heterocycles. The number of rotatable bonds is 3. The Balaban J connectivity index is 0.000000921. The molecule has 1 atom stereocenters. The van der Waals surface area contributed by atoms with Crippen LogP contribution in [0.3, 0.4) is 0 Å². The zero-order chi connectivity index (χ0) is 11.8. The molecule has 15 heavy (non-hydrogen) atoms. The van der Waals surface area contributed by atoms with Crippen LogP contribution in [0.5, 0.6) is 5.75 Å². The van der Waals surface area contributed by atoms with Crippen molar-refractivity contribution >= 4 is 11.9 Å². The van der Waals surface area contributed by atoms with Crippen LogP contribution in [0.4, 0.5) is 0 Å². The first-order valence-electron chi connectivity index (χ1n) is 4.84. The molecule has 0 bridgehead atoms. The highest BCUT2D eigenvalue weighted by molar-refractivity contribution is 6.04. The first-order chi connectivity index (χ1) is 7.13. The zero-order valence-electron chi connectivity index (χ0n) is 9.07. The average molecular weight is 232 g/mol. The molecule has 0 spiro atoms. The van der Waals surface area contributed by atoms with Gasteiger partial charge in [0.15, 0.2) is 0 Å². The Kier molecular flexibility index (Phi) is 7.13. The number of nitrogens with two attached hydrogens (primary N) is 1. The molecule has 4 heteroatoms. The van der Waals surface area contributed by atoms with Crippen molar-refractivity contribution in [3.8, 4) is 5.75 Å². The van der Waals surface area contributed by atoms with Gasteiger partial charge in [0.25, 0.3) is 0 Å². The Morgan fingerprint density at radius 3 is 2.47 bits per heavy atom. The van der Waals surface area contributed by atoms with Crippen molar-refractivity contribution < 1.29 is 9.77 Å². The van der Waals surface area contributed by atoms with Crippen LogP contribution >= 0.6 is 11.9 Å². The maximum atomic E-state index is 9.44. The van der Waals surface area contributed by atoms with Gasteiger partial charge in [-0.15, -0.1) is 0 Å². The normalized spacial score (nSPS) is 11.5. The minimum absolute atomic E-state index is 0.196. The summed E-state index contributed by atoms with van der Waals surface area (Å²) in [6, 6.07) is 5.93. The molecule has 0 heterocycles. The SMILES string of the molecule is CCC(N)Cc1ccc(C)c(O)c1.OCl. The summed E-state index contributed by atoms with van der Waals surface area (Å²) in [5.41, 5.74) is 7.83. The van der Waals surface area contributed by atoms with Crippen molar-refractivity contribution in [2.24, 2.45) is 5.73 Å². The predicted octanol–water partition coefficient (Wildman–Crippen LogP) is 2.11. The summed E-state index contributed by atoms with van der Waals surface area (Å²) in [5, 5.41) is 9.44. The Bertz CT molecular complexity index is 292. The largest absolute Gasteiger partial charge is 0.508 e. The van der Waals surface area contributed by atoms with Gasteiger partial charge in [-0.3, -0.25) is 4.66 Å². The molecule has 1 aromatic carbocycles. The van der Waals surface area contributed by atoms with Crippen molar-refractivity contribution in [2.45, 2.75) is 32.7 Å². The average Bonchev–Trinajstić information content (AvgIpc) is 2.26. The van der Waals surface area contributed by atoms with E-state index in [-0.39, 0.29) is 6.04 Å². The fourth-order valence-electron chi connectivity index (χ4n) is 1.23. The third kappa shape index (κ3) is 5.02. The minimum Gasteiger partial charge on any atom is -0.508 e. The first-order valence-corrected chi connectivity index (χ1v) is 5.18. The molecule has 0 fully saturated rings. The smallest absolute Gasteiger partial charge is 0.118 e. The molecule has 0 aliphatic rings. The highest BCUT2D eigenvalue weighted by Gasteiger charge is 2.03. The van der Waals surface area contributed by atoms with Crippen LogP contribution in [0.25, 0.3) is 0 Å².